The van der Waals surface area contributed by atoms with E-state index in [4.69, 9.17) is 0 Å². The van der Waals surface area contributed by atoms with Gasteiger partial charge in [-0.3, -0.25) is 19.3 Å². The van der Waals surface area contributed by atoms with Crippen LogP contribution in [0.25, 0.3) is 0 Å². The summed E-state index contributed by atoms with van der Waals surface area (Å²) in [5.41, 5.74) is 0.359. The second kappa shape index (κ2) is 4.29. The first-order valence-electron chi connectivity index (χ1n) is 5.18. The Labute approximate surface area is 101 Å². The normalized spacial score (nSPS) is 15.0. The number of rotatable bonds is 2. The Kier molecular flexibility index (Phi) is 2.94. The number of benzene rings is 1. The van der Waals surface area contributed by atoms with E-state index in [-0.39, 0.29) is 23.5 Å². The van der Waals surface area contributed by atoms with Gasteiger partial charge in [-0.2, -0.15) is 0 Å². The maximum absolute atomic E-state index is 12.3. The van der Waals surface area contributed by atoms with Gasteiger partial charge in [0.05, 0.1) is 6.42 Å². The smallest absolute Gasteiger partial charge is 0.288 e. The largest absolute Gasteiger partial charge is 0.300 e. The fraction of sp³-hybridized carbons (Fsp3) is 0.250. The highest BCUT2D eigenvalue weighted by Crippen LogP contribution is 2.21. The van der Waals surface area contributed by atoms with E-state index in [1.54, 1.807) is 0 Å². The molecule has 0 aliphatic carbocycles. The number of nitrogens with zero attached hydrogens (tertiary/aromatic N) is 1. The van der Waals surface area contributed by atoms with Gasteiger partial charge in [-0.25, -0.2) is 8.78 Å². The quantitative estimate of drug-likeness (QED) is 0.589. The lowest BCUT2D eigenvalue weighted by atomic mass is 9.95. The van der Waals surface area contributed by atoms with Crippen molar-refractivity contribution in [3.05, 3.63) is 34.9 Å². The predicted octanol–water partition coefficient (Wildman–Crippen LogP) is 1.29. The molecule has 94 valence electrons. The Balaban J connectivity index is 2.47. The Bertz CT molecular complexity index is 554. The van der Waals surface area contributed by atoms with Crippen molar-refractivity contribution >= 4 is 17.6 Å². The van der Waals surface area contributed by atoms with Crippen molar-refractivity contribution in [3.8, 4) is 0 Å². The number of hydrogen-bond donors (Lipinski definition) is 0. The Morgan fingerprint density at radius 1 is 1.33 bits per heavy atom. The minimum atomic E-state index is -3.11. The molecule has 18 heavy (non-hydrogen) atoms. The number of hydrogen-bond acceptors (Lipinski definition) is 3. The number of halogens is 2. The summed E-state index contributed by atoms with van der Waals surface area (Å²) in [4.78, 5) is 35.2. The molecule has 1 aromatic rings. The molecule has 0 aromatic heterocycles. The summed E-state index contributed by atoms with van der Waals surface area (Å²) in [5.74, 6) is -2.27. The number of likely N-dealkylation sites (N-methyl/N-ethyl adjacent to an activating group) is 1. The fourth-order valence-electron chi connectivity index (χ4n) is 1.78. The average Bonchev–Trinajstić information content (AvgIpc) is 2.35. The lowest BCUT2D eigenvalue weighted by molar-refractivity contribution is -0.127. The third kappa shape index (κ3) is 1.90. The Morgan fingerprint density at radius 2 is 2.00 bits per heavy atom. The number of Topliss-reactive ketones (excluding diaryl/α,β-unsaturated/α-hetero) is 1. The number of carbonyl (C=O) groups is 3. The Hall–Kier alpha value is -2.11. The molecule has 0 bridgehead atoms. The van der Waals surface area contributed by atoms with Gasteiger partial charge < -0.3 is 0 Å². The third-order valence-corrected chi connectivity index (χ3v) is 2.84. The predicted molar refractivity (Wildman–Crippen MR) is 57.6 cm³/mol. The van der Waals surface area contributed by atoms with E-state index >= 15 is 0 Å². The van der Waals surface area contributed by atoms with Crippen molar-refractivity contribution in [3.63, 3.8) is 0 Å². The molecule has 0 spiro atoms. The number of ketones is 1. The molecule has 0 N–H and O–H groups in total. The SMILES string of the molecule is CN1C(=O)Cc2ccc(C(=O)C(F)F)cc2C1=O. The van der Waals surface area contributed by atoms with Crippen LogP contribution in [0, 0.1) is 0 Å². The van der Waals surface area contributed by atoms with Gasteiger partial charge in [0.1, 0.15) is 0 Å². The number of alkyl halides is 2. The highest BCUT2D eigenvalue weighted by molar-refractivity contribution is 6.11. The zero-order valence-corrected chi connectivity index (χ0v) is 9.44. The molecule has 1 aliphatic rings. The van der Waals surface area contributed by atoms with Crippen LogP contribution >= 0.6 is 0 Å². The van der Waals surface area contributed by atoms with Crippen molar-refractivity contribution in [2.75, 3.05) is 7.05 Å². The molecule has 2 rings (SSSR count). The van der Waals surface area contributed by atoms with Gasteiger partial charge in [0.25, 0.3) is 5.91 Å². The maximum Gasteiger partial charge on any atom is 0.300 e. The van der Waals surface area contributed by atoms with Crippen LogP contribution in [-0.2, 0) is 11.2 Å². The number of fused-ring (bicyclic) bond motifs is 1. The summed E-state index contributed by atoms with van der Waals surface area (Å²) in [5, 5.41) is 0. The van der Waals surface area contributed by atoms with Crippen LogP contribution in [0.2, 0.25) is 0 Å². The first-order chi connectivity index (χ1) is 8.41. The van der Waals surface area contributed by atoms with Gasteiger partial charge >= 0.3 is 6.43 Å². The lowest BCUT2D eigenvalue weighted by Crippen LogP contribution is -2.39. The summed E-state index contributed by atoms with van der Waals surface area (Å²) >= 11 is 0. The van der Waals surface area contributed by atoms with E-state index in [1.807, 2.05) is 0 Å². The second-order valence-corrected chi connectivity index (χ2v) is 3.97. The van der Waals surface area contributed by atoms with E-state index < -0.39 is 18.1 Å². The molecule has 1 aliphatic heterocycles. The molecule has 2 amide bonds. The molecule has 0 fully saturated rings. The fourth-order valence-corrected chi connectivity index (χ4v) is 1.78. The van der Waals surface area contributed by atoms with E-state index in [1.165, 1.54) is 19.2 Å². The van der Waals surface area contributed by atoms with Crippen molar-refractivity contribution < 1.29 is 23.2 Å². The second-order valence-electron chi connectivity index (χ2n) is 3.97. The molecule has 0 radical (unpaired) electrons. The molecule has 4 nitrogen and oxygen atoms in total. The van der Waals surface area contributed by atoms with Crippen LogP contribution in [0.5, 0.6) is 0 Å². The summed E-state index contributed by atoms with van der Waals surface area (Å²) in [6.07, 6.45) is -3.08. The van der Waals surface area contributed by atoms with Gasteiger partial charge in [-0.15, -0.1) is 0 Å². The van der Waals surface area contributed by atoms with E-state index in [0.717, 1.165) is 11.0 Å². The van der Waals surface area contributed by atoms with Gasteiger partial charge in [0.2, 0.25) is 11.7 Å². The van der Waals surface area contributed by atoms with Crippen LogP contribution < -0.4 is 0 Å². The molecule has 1 heterocycles. The third-order valence-electron chi connectivity index (χ3n) is 2.84. The number of carbonyl (C=O) groups excluding carboxylic acids is 3. The number of amides is 2. The summed E-state index contributed by atoms with van der Waals surface area (Å²) in [7, 11) is 1.31. The zero-order chi connectivity index (χ0) is 13.4. The van der Waals surface area contributed by atoms with Crippen LogP contribution in [0.3, 0.4) is 0 Å². The monoisotopic (exact) mass is 253 g/mol. The van der Waals surface area contributed by atoms with E-state index in [2.05, 4.69) is 0 Å². The van der Waals surface area contributed by atoms with Crippen LogP contribution in [0.1, 0.15) is 26.3 Å². The minimum absolute atomic E-state index is 0.0285. The summed E-state index contributed by atoms with van der Waals surface area (Å²) in [6, 6.07) is 3.70. The van der Waals surface area contributed by atoms with Crippen LogP contribution in [0.4, 0.5) is 8.78 Å². The molecule has 1 aromatic carbocycles. The van der Waals surface area contributed by atoms with Crippen LogP contribution in [-0.4, -0.2) is 36.0 Å². The molecule has 0 unspecified atom stereocenters. The molecule has 0 saturated heterocycles. The van der Waals surface area contributed by atoms with Gasteiger partial charge in [0, 0.05) is 18.2 Å². The van der Waals surface area contributed by atoms with Crippen molar-refractivity contribution in [1.82, 2.24) is 4.90 Å². The van der Waals surface area contributed by atoms with Gasteiger partial charge in [0.15, 0.2) is 0 Å². The summed E-state index contributed by atoms with van der Waals surface area (Å²) in [6.45, 7) is 0. The maximum atomic E-state index is 12.3. The van der Waals surface area contributed by atoms with Crippen molar-refractivity contribution in [2.24, 2.45) is 0 Å². The summed E-state index contributed by atoms with van der Waals surface area (Å²) < 4.78 is 24.6. The highest BCUT2D eigenvalue weighted by atomic mass is 19.3. The Morgan fingerprint density at radius 3 is 2.61 bits per heavy atom. The average molecular weight is 253 g/mol. The standard InChI is InChI=1S/C12H9F2NO3/c1-15-9(16)5-6-2-3-7(10(17)11(13)14)4-8(6)12(15)18/h2-4,11H,5H2,1H3. The lowest BCUT2D eigenvalue weighted by Gasteiger charge is -2.23. The minimum Gasteiger partial charge on any atom is -0.288 e. The molecular weight excluding hydrogens is 244 g/mol. The van der Waals surface area contributed by atoms with E-state index in [0.29, 0.717) is 5.56 Å². The van der Waals surface area contributed by atoms with Crippen molar-refractivity contribution in [1.29, 1.82) is 0 Å². The van der Waals surface area contributed by atoms with E-state index in [9.17, 15) is 23.2 Å². The zero-order valence-electron chi connectivity index (χ0n) is 9.44. The van der Waals surface area contributed by atoms with Crippen LogP contribution in [0.15, 0.2) is 18.2 Å². The molecular formula is C12H9F2NO3. The first kappa shape index (κ1) is 12.3. The molecule has 0 atom stereocenters. The van der Waals surface area contributed by atoms with Crippen molar-refractivity contribution in [2.45, 2.75) is 12.8 Å². The van der Waals surface area contributed by atoms with Gasteiger partial charge in [-0.1, -0.05) is 12.1 Å². The molecule has 0 saturated carbocycles. The highest BCUT2D eigenvalue weighted by Gasteiger charge is 2.29. The first-order valence-corrected chi connectivity index (χ1v) is 5.18. The topological polar surface area (TPSA) is 54.5 Å². The number of imide groups is 1. The van der Waals surface area contributed by atoms with Gasteiger partial charge in [-0.05, 0) is 11.6 Å². The molecule has 6 heteroatoms.